The molecule has 1 N–H and O–H groups in total. The Balaban J connectivity index is 1.69. The summed E-state index contributed by atoms with van der Waals surface area (Å²) in [6.07, 6.45) is 0.274. The van der Waals surface area contributed by atoms with Crippen LogP contribution in [0.15, 0.2) is 6.07 Å². The van der Waals surface area contributed by atoms with Crippen LogP contribution in [-0.4, -0.2) is 59.1 Å². The van der Waals surface area contributed by atoms with Gasteiger partial charge in [-0.25, -0.2) is 17.6 Å². The predicted octanol–water partition coefficient (Wildman–Crippen LogP) is 1.13. The standard InChI is InChI=1S/C14H14F4N2O2/c15-10-3-9(11(16)13(18)12(10)17)14(22)20-4-7(5-20)19-2-1-8(21)6-19/h3,7-8,21H,1-2,4-6H2. The van der Waals surface area contributed by atoms with Gasteiger partial charge in [0, 0.05) is 32.2 Å². The molecule has 0 radical (unpaired) electrons. The normalized spacial score (nSPS) is 23.0. The molecule has 22 heavy (non-hydrogen) atoms. The number of amides is 1. The molecular weight excluding hydrogens is 304 g/mol. The van der Waals surface area contributed by atoms with Crippen LogP contribution in [0.3, 0.4) is 0 Å². The van der Waals surface area contributed by atoms with Gasteiger partial charge in [-0.2, -0.15) is 0 Å². The highest BCUT2D eigenvalue weighted by molar-refractivity contribution is 5.95. The molecule has 0 aromatic heterocycles. The molecule has 2 fully saturated rings. The van der Waals surface area contributed by atoms with Crippen LogP contribution in [0.4, 0.5) is 17.6 Å². The number of β-amino-alcohol motifs (C(OH)–C–C–N with tert-alkyl or cyclic N) is 1. The molecule has 2 saturated heterocycles. The van der Waals surface area contributed by atoms with Crippen molar-refractivity contribution in [3.8, 4) is 0 Å². The van der Waals surface area contributed by atoms with E-state index in [2.05, 4.69) is 0 Å². The molecule has 2 heterocycles. The Morgan fingerprint density at radius 3 is 2.36 bits per heavy atom. The molecule has 1 amide bonds. The number of benzene rings is 1. The number of hydrogen-bond donors (Lipinski definition) is 1. The molecule has 0 aliphatic carbocycles. The Hall–Kier alpha value is -1.67. The van der Waals surface area contributed by atoms with Gasteiger partial charge >= 0.3 is 0 Å². The Labute approximate surface area is 123 Å². The fourth-order valence-electron chi connectivity index (χ4n) is 2.85. The Bertz CT molecular complexity index is 619. The monoisotopic (exact) mass is 318 g/mol. The second-order valence-corrected chi connectivity index (χ2v) is 5.65. The van der Waals surface area contributed by atoms with Gasteiger partial charge in [-0.15, -0.1) is 0 Å². The lowest BCUT2D eigenvalue weighted by Gasteiger charge is -2.44. The molecule has 4 nitrogen and oxygen atoms in total. The quantitative estimate of drug-likeness (QED) is 0.505. The van der Waals surface area contributed by atoms with Gasteiger partial charge in [-0.1, -0.05) is 0 Å². The average Bonchev–Trinajstić information content (AvgIpc) is 2.85. The fourth-order valence-corrected chi connectivity index (χ4v) is 2.85. The first kappa shape index (κ1) is 15.2. The van der Waals surface area contributed by atoms with Gasteiger partial charge in [-0.3, -0.25) is 9.69 Å². The van der Waals surface area contributed by atoms with Crippen molar-refractivity contribution in [2.45, 2.75) is 18.6 Å². The van der Waals surface area contributed by atoms with Gasteiger partial charge in [0.25, 0.3) is 5.91 Å². The molecule has 0 saturated carbocycles. The van der Waals surface area contributed by atoms with Crippen LogP contribution in [-0.2, 0) is 0 Å². The zero-order chi connectivity index (χ0) is 16.0. The van der Waals surface area contributed by atoms with Crippen LogP contribution in [0.1, 0.15) is 16.8 Å². The van der Waals surface area contributed by atoms with E-state index < -0.39 is 34.7 Å². The maximum absolute atomic E-state index is 13.6. The van der Waals surface area contributed by atoms with E-state index >= 15 is 0 Å². The first-order valence-electron chi connectivity index (χ1n) is 6.93. The van der Waals surface area contributed by atoms with Gasteiger partial charge in [0.05, 0.1) is 11.7 Å². The number of rotatable bonds is 2. The zero-order valence-corrected chi connectivity index (χ0v) is 11.5. The summed E-state index contributed by atoms with van der Waals surface area (Å²) >= 11 is 0. The van der Waals surface area contributed by atoms with E-state index in [1.807, 2.05) is 4.90 Å². The van der Waals surface area contributed by atoms with E-state index in [0.29, 0.717) is 25.6 Å². The Kier molecular flexibility index (Phi) is 3.82. The minimum absolute atomic E-state index is 0.0410. The molecule has 2 aliphatic heterocycles. The molecule has 0 spiro atoms. The van der Waals surface area contributed by atoms with Crippen molar-refractivity contribution in [1.29, 1.82) is 0 Å². The number of aliphatic hydroxyl groups excluding tert-OH is 1. The highest BCUT2D eigenvalue weighted by Crippen LogP contribution is 2.25. The van der Waals surface area contributed by atoms with E-state index in [4.69, 9.17) is 0 Å². The Morgan fingerprint density at radius 2 is 1.77 bits per heavy atom. The van der Waals surface area contributed by atoms with Crippen molar-refractivity contribution < 1.29 is 27.5 Å². The van der Waals surface area contributed by atoms with E-state index in [1.54, 1.807) is 0 Å². The lowest BCUT2D eigenvalue weighted by atomic mass is 10.0. The molecule has 1 atom stereocenters. The molecule has 8 heteroatoms. The van der Waals surface area contributed by atoms with E-state index in [0.717, 1.165) is 0 Å². The summed E-state index contributed by atoms with van der Waals surface area (Å²) in [6.45, 7) is 1.79. The average molecular weight is 318 g/mol. The molecule has 1 unspecified atom stereocenters. The van der Waals surface area contributed by atoms with Crippen molar-refractivity contribution in [2.75, 3.05) is 26.2 Å². The number of hydrogen-bond acceptors (Lipinski definition) is 3. The predicted molar refractivity (Wildman–Crippen MR) is 68.2 cm³/mol. The molecule has 0 bridgehead atoms. The second kappa shape index (κ2) is 5.51. The number of likely N-dealkylation sites (tertiary alicyclic amines) is 2. The summed E-state index contributed by atoms with van der Waals surface area (Å²) in [7, 11) is 0. The SMILES string of the molecule is O=C(c1cc(F)c(F)c(F)c1F)N1CC(N2CCC(O)C2)C1. The second-order valence-electron chi connectivity index (χ2n) is 5.65. The van der Waals surface area contributed by atoms with Crippen LogP contribution in [0.5, 0.6) is 0 Å². The summed E-state index contributed by atoms with van der Waals surface area (Å²) in [6, 6.07) is 0.419. The number of carbonyl (C=O) groups is 1. The summed E-state index contributed by atoms with van der Waals surface area (Å²) < 4.78 is 52.8. The minimum Gasteiger partial charge on any atom is -0.392 e. The van der Waals surface area contributed by atoms with Crippen LogP contribution in [0, 0.1) is 23.3 Å². The van der Waals surface area contributed by atoms with Crippen molar-refractivity contribution in [1.82, 2.24) is 9.80 Å². The first-order chi connectivity index (χ1) is 10.4. The van der Waals surface area contributed by atoms with Crippen molar-refractivity contribution >= 4 is 5.91 Å². The molecule has 1 aromatic carbocycles. The number of nitrogens with zero attached hydrogens (tertiary/aromatic N) is 2. The van der Waals surface area contributed by atoms with Crippen LogP contribution in [0.25, 0.3) is 0 Å². The fraction of sp³-hybridized carbons (Fsp3) is 0.500. The Morgan fingerprint density at radius 1 is 1.09 bits per heavy atom. The highest BCUT2D eigenvalue weighted by atomic mass is 19.2. The van der Waals surface area contributed by atoms with E-state index in [9.17, 15) is 27.5 Å². The summed E-state index contributed by atoms with van der Waals surface area (Å²) in [5, 5.41) is 9.45. The van der Waals surface area contributed by atoms with E-state index in [-0.39, 0.29) is 25.2 Å². The third-order valence-corrected chi connectivity index (χ3v) is 4.19. The summed E-state index contributed by atoms with van der Waals surface area (Å²) in [5.74, 6) is -8.05. The third kappa shape index (κ3) is 2.46. The topological polar surface area (TPSA) is 43.8 Å². The number of halogens is 4. The third-order valence-electron chi connectivity index (χ3n) is 4.19. The summed E-state index contributed by atoms with van der Waals surface area (Å²) in [5.41, 5.74) is -0.809. The van der Waals surface area contributed by atoms with Crippen LogP contribution in [0.2, 0.25) is 0 Å². The summed E-state index contributed by atoms with van der Waals surface area (Å²) in [4.78, 5) is 15.3. The van der Waals surface area contributed by atoms with Crippen molar-refractivity contribution in [3.05, 3.63) is 34.9 Å². The van der Waals surface area contributed by atoms with Crippen molar-refractivity contribution in [2.24, 2.45) is 0 Å². The van der Waals surface area contributed by atoms with Gasteiger partial charge in [-0.05, 0) is 12.5 Å². The lowest BCUT2D eigenvalue weighted by molar-refractivity contribution is 0.0294. The van der Waals surface area contributed by atoms with Crippen LogP contribution >= 0.6 is 0 Å². The molecule has 2 aliphatic rings. The maximum atomic E-state index is 13.6. The maximum Gasteiger partial charge on any atom is 0.257 e. The number of carbonyl (C=O) groups excluding carboxylic acids is 1. The largest absolute Gasteiger partial charge is 0.392 e. The zero-order valence-electron chi connectivity index (χ0n) is 11.5. The number of aliphatic hydroxyl groups is 1. The van der Waals surface area contributed by atoms with Gasteiger partial charge in [0.2, 0.25) is 0 Å². The van der Waals surface area contributed by atoms with Crippen LogP contribution < -0.4 is 0 Å². The smallest absolute Gasteiger partial charge is 0.257 e. The molecule has 1 aromatic rings. The lowest BCUT2D eigenvalue weighted by Crippen LogP contribution is -2.60. The molecule has 120 valence electrons. The van der Waals surface area contributed by atoms with Crippen molar-refractivity contribution in [3.63, 3.8) is 0 Å². The van der Waals surface area contributed by atoms with Gasteiger partial charge < -0.3 is 10.0 Å². The first-order valence-corrected chi connectivity index (χ1v) is 6.93. The van der Waals surface area contributed by atoms with Gasteiger partial charge in [0.15, 0.2) is 23.3 Å². The van der Waals surface area contributed by atoms with Gasteiger partial charge in [0.1, 0.15) is 0 Å². The molecule has 3 rings (SSSR count). The molecular formula is C14H14F4N2O2. The minimum atomic E-state index is -1.98. The highest BCUT2D eigenvalue weighted by Gasteiger charge is 2.39. The van der Waals surface area contributed by atoms with E-state index in [1.165, 1.54) is 4.90 Å².